The van der Waals surface area contributed by atoms with Gasteiger partial charge in [-0.25, -0.2) is 11.1 Å². The van der Waals surface area contributed by atoms with Gasteiger partial charge in [0.1, 0.15) is 0 Å². The van der Waals surface area contributed by atoms with Gasteiger partial charge in [0.25, 0.3) is 0 Å². The molecule has 136 valence electrons. The summed E-state index contributed by atoms with van der Waals surface area (Å²) in [6, 6.07) is 0. The van der Waals surface area contributed by atoms with Crippen molar-refractivity contribution in [3.8, 4) is 0 Å². The van der Waals surface area contributed by atoms with Gasteiger partial charge >= 0.3 is 48.9 Å². The summed E-state index contributed by atoms with van der Waals surface area (Å²) in [4.78, 5) is 0. The quantitative estimate of drug-likeness (QED) is 0.301. The van der Waals surface area contributed by atoms with Crippen LogP contribution in [0.25, 0.3) is 0 Å². The molecule has 1 heteroatoms. The third-order valence-corrected chi connectivity index (χ3v) is 6.33. The molecule has 2 rings (SSSR count). The summed E-state index contributed by atoms with van der Waals surface area (Å²) in [6.07, 6.45) is 12.1. The first-order valence-corrected chi connectivity index (χ1v) is 9.62. The molecule has 0 spiro atoms. The van der Waals surface area contributed by atoms with Gasteiger partial charge in [-0.3, -0.25) is 12.2 Å². The Morgan fingerprint density at radius 2 is 0.920 bits per heavy atom. The molecule has 0 fully saturated rings. The third kappa shape index (κ3) is 5.75. The molecule has 0 saturated heterocycles. The summed E-state index contributed by atoms with van der Waals surface area (Å²) < 4.78 is 0. The zero-order chi connectivity index (χ0) is 18.7. The largest absolute Gasteiger partial charge is 2.00 e. The first-order chi connectivity index (χ1) is 11.0. The molecule has 2 atom stereocenters. The Morgan fingerprint density at radius 1 is 0.640 bits per heavy atom. The van der Waals surface area contributed by atoms with E-state index >= 15 is 0 Å². The molecule has 0 nitrogen and oxygen atoms in total. The van der Waals surface area contributed by atoms with Crippen LogP contribution in [-0.2, 0) is 0 Å². The van der Waals surface area contributed by atoms with Crippen LogP contribution >= 0.6 is 0 Å². The molecular weight excluding hydrogens is 426 g/mol. The van der Waals surface area contributed by atoms with E-state index in [0.29, 0.717) is 0 Å². The normalized spacial score (nSPS) is 28.4. The van der Waals surface area contributed by atoms with Gasteiger partial charge in [-0.2, -0.15) is 22.3 Å². The van der Waals surface area contributed by atoms with E-state index in [1.54, 1.807) is 0 Å². The van der Waals surface area contributed by atoms with Crippen molar-refractivity contribution in [3.63, 3.8) is 0 Å². The maximum absolute atomic E-state index is 3.57. The van der Waals surface area contributed by atoms with E-state index < -0.39 is 0 Å². The Hall–Kier alpha value is 0.531. The van der Waals surface area contributed by atoms with E-state index in [9.17, 15) is 0 Å². The molecule has 0 aromatic carbocycles. The van der Waals surface area contributed by atoms with Crippen molar-refractivity contribution in [3.05, 3.63) is 45.6 Å². The minimum absolute atomic E-state index is 0. The Morgan fingerprint density at radius 3 is 1.08 bits per heavy atom. The van der Waals surface area contributed by atoms with E-state index in [0.717, 1.165) is 0 Å². The number of rotatable bonds is 4. The van der Waals surface area contributed by atoms with Crippen LogP contribution in [-0.4, -0.2) is 48.9 Å². The molecule has 0 aromatic rings. The van der Waals surface area contributed by atoms with Crippen molar-refractivity contribution in [2.75, 3.05) is 0 Å². The molecule has 0 aliphatic heterocycles. The molecular formula is C24H38Ba. The van der Waals surface area contributed by atoms with Crippen molar-refractivity contribution in [2.24, 2.45) is 10.8 Å². The second-order valence-electron chi connectivity index (χ2n) is 8.16. The fraction of sp³-hybridized carbons (Fsp3) is 0.667. The maximum Gasteiger partial charge on any atom is 2.00 e. The van der Waals surface area contributed by atoms with Gasteiger partial charge in [0.05, 0.1) is 0 Å². The molecule has 2 aliphatic rings. The third-order valence-electron chi connectivity index (χ3n) is 6.33. The second kappa shape index (κ2) is 10.2. The number of hydrogen-bond acceptors (Lipinski definition) is 0. The van der Waals surface area contributed by atoms with Crippen molar-refractivity contribution < 1.29 is 0 Å². The van der Waals surface area contributed by atoms with Crippen molar-refractivity contribution in [1.82, 2.24) is 0 Å². The molecule has 2 unspecified atom stereocenters. The van der Waals surface area contributed by atoms with Gasteiger partial charge in [-0.1, -0.05) is 91.9 Å². The Bertz CT molecular complexity index is 546. The average molecular weight is 464 g/mol. The minimum Gasteiger partial charge on any atom is -0.263 e. The number of allylic oxidation sites excluding steroid dienone is 8. The first kappa shape index (κ1) is 25.5. The van der Waals surface area contributed by atoms with Crippen molar-refractivity contribution in [1.29, 1.82) is 0 Å². The van der Waals surface area contributed by atoms with Crippen molar-refractivity contribution >= 4 is 48.9 Å². The van der Waals surface area contributed by atoms with Crippen LogP contribution in [0.2, 0.25) is 0 Å². The Kier molecular flexibility index (Phi) is 10.4. The van der Waals surface area contributed by atoms with Crippen LogP contribution in [0, 0.1) is 23.0 Å². The zero-order valence-corrected chi connectivity index (χ0v) is 23.0. The minimum atomic E-state index is 0. The van der Waals surface area contributed by atoms with E-state index in [2.05, 4.69) is 81.4 Å². The average Bonchev–Trinajstić information content (AvgIpc) is 2.81. The van der Waals surface area contributed by atoms with Crippen LogP contribution in [0.15, 0.2) is 33.4 Å². The van der Waals surface area contributed by atoms with Crippen LogP contribution in [0.1, 0.15) is 94.9 Å². The van der Waals surface area contributed by atoms with Gasteiger partial charge in [0, 0.05) is 0 Å². The molecule has 25 heavy (non-hydrogen) atoms. The molecule has 0 bridgehead atoms. The van der Waals surface area contributed by atoms with Gasteiger partial charge in [-0.15, -0.1) is 13.8 Å². The molecule has 0 saturated carbocycles. The SMILES string of the molecule is CCCC1(C)[C-]=C(C)C(C)=C1C.CCCC1(C)[C-]=C(C)C(C)=C1C.[Ba+2]. The van der Waals surface area contributed by atoms with Crippen LogP contribution < -0.4 is 0 Å². The smallest absolute Gasteiger partial charge is 0.263 e. The molecule has 0 radical (unpaired) electrons. The Balaban J connectivity index is 0.000000443. The van der Waals surface area contributed by atoms with E-state index in [1.807, 2.05) is 0 Å². The molecule has 0 amide bonds. The summed E-state index contributed by atoms with van der Waals surface area (Å²) >= 11 is 0. The topological polar surface area (TPSA) is 0 Å². The summed E-state index contributed by atoms with van der Waals surface area (Å²) in [6.45, 7) is 22.3. The van der Waals surface area contributed by atoms with Gasteiger partial charge in [0.2, 0.25) is 0 Å². The summed E-state index contributed by atoms with van der Waals surface area (Å²) in [5.41, 5.74) is 9.11. The molecule has 0 heterocycles. The van der Waals surface area contributed by atoms with Crippen molar-refractivity contribution in [2.45, 2.75) is 94.9 Å². The van der Waals surface area contributed by atoms with E-state index in [-0.39, 0.29) is 59.7 Å². The second-order valence-corrected chi connectivity index (χ2v) is 8.16. The first-order valence-electron chi connectivity index (χ1n) is 9.62. The van der Waals surface area contributed by atoms with Gasteiger partial charge < -0.3 is 0 Å². The van der Waals surface area contributed by atoms with Crippen LogP contribution in [0.5, 0.6) is 0 Å². The van der Waals surface area contributed by atoms with E-state index in [1.165, 1.54) is 59.1 Å². The van der Waals surface area contributed by atoms with Gasteiger partial charge in [-0.05, 0) is 0 Å². The maximum atomic E-state index is 3.57. The van der Waals surface area contributed by atoms with Crippen LogP contribution in [0.3, 0.4) is 0 Å². The summed E-state index contributed by atoms with van der Waals surface area (Å²) in [7, 11) is 0. The number of hydrogen-bond donors (Lipinski definition) is 0. The summed E-state index contributed by atoms with van der Waals surface area (Å²) in [5.74, 6) is 0. The standard InChI is InChI=1S/2C12H19.Ba/c2*1-6-7-12(5)8-9(2)10(3)11(12)4;/h2*6-7H2,1-5H3;/q2*-1;+2. The predicted octanol–water partition coefficient (Wildman–Crippen LogP) is 7.40. The molecule has 2 aliphatic carbocycles. The monoisotopic (exact) mass is 464 g/mol. The Labute approximate surface area is 198 Å². The van der Waals surface area contributed by atoms with Crippen LogP contribution in [0.4, 0.5) is 0 Å². The fourth-order valence-corrected chi connectivity index (χ4v) is 4.09. The van der Waals surface area contributed by atoms with Gasteiger partial charge in [0.15, 0.2) is 0 Å². The van der Waals surface area contributed by atoms with E-state index in [4.69, 9.17) is 0 Å². The summed E-state index contributed by atoms with van der Waals surface area (Å²) in [5, 5.41) is 0. The molecule has 0 aromatic heterocycles. The fourth-order valence-electron chi connectivity index (χ4n) is 4.09. The molecule has 0 N–H and O–H groups in total. The zero-order valence-electron chi connectivity index (χ0n) is 18.5. The predicted molar refractivity (Wildman–Crippen MR) is 113 cm³/mol.